The quantitative estimate of drug-likeness (QED) is 0.281. The van der Waals surface area contributed by atoms with Crippen molar-refractivity contribution >= 4 is 23.5 Å². The van der Waals surface area contributed by atoms with Crippen molar-refractivity contribution in [1.29, 1.82) is 0 Å². The number of ether oxygens (including phenoxy) is 1. The minimum Gasteiger partial charge on any atom is -0.494 e. The van der Waals surface area contributed by atoms with Crippen LogP contribution in [0.15, 0.2) is 53.6 Å². The van der Waals surface area contributed by atoms with Crippen LogP contribution >= 0.6 is 11.6 Å². The third-order valence-electron chi connectivity index (χ3n) is 3.88. The molecule has 2 rings (SSSR count). The van der Waals surface area contributed by atoms with Gasteiger partial charge in [-0.3, -0.25) is 5.43 Å². The molecule has 0 radical (unpaired) electrons. The summed E-state index contributed by atoms with van der Waals surface area (Å²) in [7, 11) is 0. The molecule has 0 fully saturated rings. The number of hydrogen-bond acceptors (Lipinski definition) is 3. The van der Waals surface area contributed by atoms with Crippen molar-refractivity contribution < 1.29 is 4.74 Å². The molecule has 0 bridgehead atoms. The average Bonchev–Trinajstić information content (AvgIpc) is 2.62. The fraction of sp³-hybridized carbons (Fsp3) is 0.381. The zero-order valence-corrected chi connectivity index (χ0v) is 15.6. The van der Waals surface area contributed by atoms with Crippen molar-refractivity contribution in [2.24, 2.45) is 5.10 Å². The highest BCUT2D eigenvalue weighted by Crippen LogP contribution is 2.15. The second kappa shape index (κ2) is 11.5. The molecule has 4 heteroatoms. The summed E-state index contributed by atoms with van der Waals surface area (Å²) in [6.07, 6.45) is 9.44. The first-order valence-electron chi connectivity index (χ1n) is 9.05. The van der Waals surface area contributed by atoms with Gasteiger partial charge in [0, 0.05) is 5.02 Å². The lowest BCUT2D eigenvalue weighted by Gasteiger charge is -2.06. The lowest BCUT2D eigenvalue weighted by molar-refractivity contribution is 0.304. The summed E-state index contributed by atoms with van der Waals surface area (Å²) in [6.45, 7) is 3.03. The van der Waals surface area contributed by atoms with Crippen molar-refractivity contribution in [1.82, 2.24) is 0 Å². The van der Waals surface area contributed by atoms with Gasteiger partial charge in [-0.15, -0.1) is 0 Å². The van der Waals surface area contributed by atoms with E-state index in [1.807, 2.05) is 48.5 Å². The Morgan fingerprint density at radius 1 is 1.00 bits per heavy atom. The van der Waals surface area contributed by atoms with E-state index in [9.17, 15) is 0 Å². The third kappa shape index (κ3) is 8.08. The zero-order chi connectivity index (χ0) is 17.7. The summed E-state index contributed by atoms with van der Waals surface area (Å²) in [4.78, 5) is 0. The van der Waals surface area contributed by atoms with E-state index in [1.165, 1.54) is 32.1 Å². The Labute approximate surface area is 156 Å². The van der Waals surface area contributed by atoms with Crippen LogP contribution in [-0.2, 0) is 0 Å². The average molecular weight is 359 g/mol. The molecule has 0 spiro atoms. The molecular formula is C21H27ClN2O. The molecule has 134 valence electrons. The SMILES string of the molecule is CCCCCCCCOc1ccc(C=NNc2cccc(Cl)c2)cc1. The van der Waals surface area contributed by atoms with Gasteiger partial charge >= 0.3 is 0 Å². The second-order valence-electron chi connectivity index (χ2n) is 6.07. The number of anilines is 1. The third-order valence-corrected chi connectivity index (χ3v) is 4.11. The molecule has 0 atom stereocenters. The molecule has 0 saturated heterocycles. The van der Waals surface area contributed by atoms with Gasteiger partial charge in [0.15, 0.2) is 0 Å². The van der Waals surface area contributed by atoms with E-state index >= 15 is 0 Å². The van der Waals surface area contributed by atoms with Gasteiger partial charge in [-0.1, -0.05) is 56.7 Å². The number of benzene rings is 2. The Morgan fingerprint density at radius 2 is 1.76 bits per heavy atom. The Hall–Kier alpha value is -2.00. The monoisotopic (exact) mass is 358 g/mol. The van der Waals surface area contributed by atoms with Crippen LogP contribution in [0.1, 0.15) is 51.0 Å². The van der Waals surface area contributed by atoms with Crippen molar-refractivity contribution in [3.63, 3.8) is 0 Å². The van der Waals surface area contributed by atoms with Gasteiger partial charge in [0.05, 0.1) is 18.5 Å². The molecule has 0 aromatic heterocycles. The summed E-state index contributed by atoms with van der Waals surface area (Å²) in [5.74, 6) is 0.911. The highest BCUT2D eigenvalue weighted by Gasteiger charge is 1.96. The Balaban J connectivity index is 1.68. The number of unbranched alkanes of at least 4 members (excludes halogenated alkanes) is 5. The molecule has 0 aliphatic carbocycles. The molecule has 3 nitrogen and oxygen atoms in total. The topological polar surface area (TPSA) is 33.6 Å². The first kappa shape index (κ1) is 19.3. The van der Waals surface area contributed by atoms with Crippen LogP contribution in [0.4, 0.5) is 5.69 Å². The predicted octanol–water partition coefficient (Wildman–Crippen LogP) is 6.53. The molecule has 0 heterocycles. The van der Waals surface area contributed by atoms with Crippen molar-refractivity contribution in [2.45, 2.75) is 45.4 Å². The van der Waals surface area contributed by atoms with Crippen LogP contribution < -0.4 is 10.2 Å². The molecule has 0 unspecified atom stereocenters. The van der Waals surface area contributed by atoms with E-state index in [0.717, 1.165) is 30.0 Å². The summed E-state index contributed by atoms with van der Waals surface area (Å²) in [6, 6.07) is 15.4. The van der Waals surface area contributed by atoms with Gasteiger partial charge in [0.25, 0.3) is 0 Å². The van der Waals surface area contributed by atoms with Gasteiger partial charge in [-0.05, 0) is 54.4 Å². The van der Waals surface area contributed by atoms with E-state index in [1.54, 1.807) is 6.21 Å². The smallest absolute Gasteiger partial charge is 0.119 e. The number of halogens is 1. The number of rotatable bonds is 11. The fourth-order valence-corrected chi connectivity index (χ4v) is 2.65. The second-order valence-corrected chi connectivity index (χ2v) is 6.50. The number of hydrogen-bond donors (Lipinski definition) is 1. The number of nitrogens with zero attached hydrogens (tertiary/aromatic N) is 1. The maximum absolute atomic E-state index is 5.94. The van der Waals surface area contributed by atoms with Crippen LogP contribution in [0.5, 0.6) is 5.75 Å². The number of nitrogens with one attached hydrogen (secondary N) is 1. The van der Waals surface area contributed by atoms with Gasteiger partial charge in [-0.2, -0.15) is 5.10 Å². The fourth-order valence-electron chi connectivity index (χ4n) is 2.46. The lowest BCUT2D eigenvalue weighted by atomic mass is 10.1. The summed E-state index contributed by atoms with van der Waals surface area (Å²) < 4.78 is 5.78. The largest absolute Gasteiger partial charge is 0.494 e. The first-order chi connectivity index (χ1) is 12.3. The highest BCUT2D eigenvalue weighted by atomic mass is 35.5. The van der Waals surface area contributed by atoms with Crippen LogP contribution in [-0.4, -0.2) is 12.8 Å². The van der Waals surface area contributed by atoms with Crippen molar-refractivity contribution in [3.8, 4) is 5.75 Å². The number of hydrazone groups is 1. The van der Waals surface area contributed by atoms with Crippen molar-refractivity contribution in [3.05, 3.63) is 59.1 Å². The first-order valence-corrected chi connectivity index (χ1v) is 9.43. The molecule has 1 N–H and O–H groups in total. The van der Waals surface area contributed by atoms with E-state index < -0.39 is 0 Å². The predicted molar refractivity (Wildman–Crippen MR) is 108 cm³/mol. The molecule has 0 saturated carbocycles. The summed E-state index contributed by atoms with van der Waals surface area (Å²) in [5, 5.41) is 4.91. The minimum atomic E-state index is 0.687. The van der Waals surface area contributed by atoms with Crippen LogP contribution in [0.2, 0.25) is 5.02 Å². The summed E-state index contributed by atoms with van der Waals surface area (Å²) >= 11 is 5.94. The lowest BCUT2D eigenvalue weighted by Crippen LogP contribution is -1.97. The van der Waals surface area contributed by atoms with Gasteiger partial charge in [0.2, 0.25) is 0 Å². The van der Waals surface area contributed by atoms with E-state index in [2.05, 4.69) is 17.5 Å². The molecule has 0 aliphatic heterocycles. The molecule has 0 amide bonds. The normalized spacial score (nSPS) is 11.0. The van der Waals surface area contributed by atoms with Gasteiger partial charge in [0.1, 0.15) is 5.75 Å². The van der Waals surface area contributed by atoms with Crippen LogP contribution in [0.3, 0.4) is 0 Å². The Morgan fingerprint density at radius 3 is 2.52 bits per heavy atom. The Bertz CT molecular complexity index is 641. The maximum Gasteiger partial charge on any atom is 0.119 e. The molecule has 25 heavy (non-hydrogen) atoms. The van der Waals surface area contributed by atoms with Gasteiger partial charge in [-0.25, -0.2) is 0 Å². The van der Waals surface area contributed by atoms with E-state index in [0.29, 0.717) is 5.02 Å². The molecule has 2 aromatic carbocycles. The summed E-state index contributed by atoms with van der Waals surface area (Å²) in [5.41, 5.74) is 4.84. The van der Waals surface area contributed by atoms with Crippen LogP contribution in [0, 0.1) is 0 Å². The Kier molecular flexibility index (Phi) is 8.92. The highest BCUT2D eigenvalue weighted by molar-refractivity contribution is 6.30. The molecule has 2 aromatic rings. The maximum atomic E-state index is 5.94. The molecular weight excluding hydrogens is 332 g/mol. The minimum absolute atomic E-state index is 0.687. The standard InChI is InChI=1S/C21H27ClN2O/c1-2-3-4-5-6-7-15-25-21-13-11-18(12-14-21)17-23-24-20-10-8-9-19(22)16-20/h8-14,16-17,24H,2-7,15H2,1H3. The van der Waals surface area contributed by atoms with E-state index in [4.69, 9.17) is 16.3 Å². The van der Waals surface area contributed by atoms with Crippen LogP contribution in [0.25, 0.3) is 0 Å². The van der Waals surface area contributed by atoms with Gasteiger partial charge < -0.3 is 4.74 Å². The molecule has 0 aliphatic rings. The zero-order valence-electron chi connectivity index (χ0n) is 14.9. The van der Waals surface area contributed by atoms with Crippen molar-refractivity contribution in [2.75, 3.05) is 12.0 Å². The van der Waals surface area contributed by atoms with E-state index in [-0.39, 0.29) is 0 Å².